The number of hydrogen-bond donors (Lipinski definition) is 1. The summed E-state index contributed by atoms with van der Waals surface area (Å²) in [6, 6.07) is 0. The van der Waals surface area contributed by atoms with Gasteiger partial charge in [-0.2, -0.15) is 0 Å². The second-order valence-corrected chi connectivity index (χ2v) is 5.88. The Morgan fingerprint density at radius 3 is 2.88 bits per heavy atom. The third-order valence-electron chi connectivity index (χ3n) is 4.21. The van der Waals surface area contributed by atoms with Gasteiger partial charge in [-0.25, -0.2) is 4.98 Å². The molecule has 1 unspecified atom stereocenters. The van der Waals surface area contributed by atoms with E-state index in [0.717, 1.165) is 30.2 Å². The smallest absolute Gasteiger partial charge is 0.217 e. The Hall–Kier alpha value is -0.420. The lowest BCUT2D eigenvalue weighted by Crippen LogP contribution is -2.24. The largest absolute Gasteiger partial charge is 0.310 e. The number of rotatable bonds is 4. The van der Waals surface area contributed by atoms with E-state index in [9.17, 15) is 0 Å². The van der Waals surface area contributed by atoms with Crippen LogP contribution in [0.5, 0.6) is 0 Å². The molecule has 16 heavy (non-hydrogen) atoms. The molecule has 4 nitrogen and oxygen atoms in total. The molecule has 0 bridgehead atoms. The van der Waals surface area contributed by atoms with E-state index in [0.29, 0.717) is 4.73 Å². The van der Waals surface area contributed by atoms with Crippen molar-refractivity contribution >= 4 is 15.9 Å². The summed E-state index contributed by atoms with van der Waals surface area (Å²) in [5, 5.41) is 7.66. The van der Waals surface area contributed by atoms with Gasteiger partial charge in [0.05, 0.1) is 6.54 Å². The number of aryl methyl sites for hydroxylation is 1. The molecule has 1 atom stereocenters. The molecule has 0 amide bonds. The molecule has 0 radical (unpaired) electrons. The number of halogens is 1. The van der Waals surface area contributed by atoms with Gasteiger partial charge in [0.2, 0.25) is 4.73 Å². The fourth-order valence-corrected chi connectivity index (χ4v) is 3.30. The molecule has 3 rings (SSSR count). The minimum atomic E-state index is 0.675. The molecule has 1 spiro atoms. The average molecular weight is 285 g/mol. The van der Waals surface area contributed by atoms with Crippen molar-refractivity contribution in [2.45, 2.75) is 32.2 Å². The molecule has 2 fully saturated rings. The quantitative estimate of drug-likeness (QED) is 0.918. The fraction of sp³-hybridized carbons (Fsp3) is 0.818. The van der Waals surface area contributed by atoms with Gasteiger partial charge in [0.15, 0.2) is 0 Å². The lowest BCUT2D eigenvalue weighted by molar-refractivity contribution is 0.255. The van der Waals surface area contributed by atoms with Crippen molar-refractivity contribution in [2.75, 3.05) is 6.54 Å². The maximum Gasteiger partial charge on any atom is 0.217 e. The Morgan fingerprint density at radius 1 is 1.56 bits per heavy atom. The minimum Gasteiger partial charge on any atom is -0.310 e. The standard InChI is InChI=1S/C11H17BrN4/c1-16-9(14-10(12)15-16)7-13-6-8-5-11(8)3-2-4-11/h8,13H,2-7H2,1H3. The predicted octanol–water partition coefficient (Wildman–Crippen LogP) is 1.86. The molecule has 5 heteroatoms. The average Bonchev–Trinajstić information content (AvgIpc) is 2.82. The molecule has 0 saturated heterocycles. The highest BCUT2D eigenvalue weighted by Crippen LogP contribution is 2.65. The Bertz CT molecular complexity index is 397. The molecule has 88 valence electrons. The highest BCUT2D eigenvalue weighted by atomic mass is 79.9. The summed E-state index contributed by atoms with van der Waals surface area (Å²) >= 11 is 3.28. The Kier molecular flexibility index (Phi) is 2.55. The highest BCUT2D eigenvalue weighted by molar-refractivity contribution is 9.10. The zero-order valence-electron chi connectivity index (χ0n) is 9.54. The summed E-state index contributed by atoms with van der Waals surface area (Å²) in [6.07, 6.45) is 5.83. The van der Waals surface area contributed by atoms with Gasteiger partial charge in [0.1, 0.15) is 5.82 Å². The maximum absolute atomic E-state index is 4.30. The van der Waals surface area contributed by atoms with Crippen molar-refractivity contribution in [1.82, 2.24) is 20.1 Å². The van der Waals surface area contributed by atoms with E-state index in [-0.39, 0.29) is 0 Å². The summed E-state index contributed by atoms with van der Waals surface area (Å²) in [4.78, 5) is 4.30. The lowest BCUT2D eigenvalue weighted by atomic mass is 9.80. The van der Waals surface area contributed by atoms with Crippen LogP contribution < -0.4 is 5.32 Å². The first-order valence-electron chi connectivity index (χ1n) is 5.96. The van der Waals surface area contributed by atoms with E-state index < -0.39 is 0 Å². The molecular weight excluding hydrogens is 268 g/mol. The molecule has 0 aromatic carbocycles. The van der Waals surface area contributed by atoms with E-state index >= 15 is 0 Å². The third-order valence-corrected chi connectivity index (χ3v) is 4.55. The Morgan fingerprint density at radius 2 is 2.38 bits per heavy atom. The SMILES string of the molecule is Cn1nc(Br)nc1CNCC1CC12CCC2. The number of nitrogens with one attached hydrogen (secondary N) is 1. The van der Waals surface area contributed by atoms with Crippen LogP contribution in [-0.4, -0.2) is 21.3 Å². The summed E-state index contributed by atoms with van der Waals surface area (Å²) in [6.45, 7) is 1.96. The normalized spacial score (nSPS) is 25.8. The van der Waals surface area contributed by atoms with Crippen molar-refractivity contribution < 1.29 is 0 Å². The van der Waals surface area contributed by atoms with E-state index in [2.05, 4.69) is 31.3 Å². The first-order valence-corrected chi connectivity index (χ1v) is 6.75. The molecule has 1 N–H and O–H groups in total. The Labute approximate surface area is 104 Å². The van der Waals surface area contributed by atoms with Gasteiger partial charge < -0.3 is 5.32 Å². The zero-order valence-corrected chi connectivity index (χ0v) is 11.1. The van der Waals surface area contributed by atoms with E-state index in [1.807, 2.05) is 11.7 Å². The van der Waals surface area contributed by atoms with Crippen molar-refractivity contribution in [3.05, 3.63) is 10.6 Å². The van der Waals surface area contributed by atoms with Gasteiger partial charge >= 0.3 is 0 Å². The highest BCUT2D eigenvalue weighted by Gasteiger charge is 2.56. The molecule has 0 aliphatic heterocycles. The van der Waals surface area contributed by atoms with Crippen molar-refractivity contribution in [3.63, 3.8) is 0 Å². The molecule has 1 heterocycles. The van der Waals surface area contributed by atoms with Crippen LogP contribution in [0.3, 0.4) is 0 Å². The van der Waals surface area contributed by atoms with Crippen LogP contribution in [0.2, 0.25) is 0 Å². The fourth-order valence-electron chi connectivity index (χ4n) is 2.86. The van der Waals surface area contributed by atoms with E-state index in [4.69, 9.17) is 0 Å². The number of aromatic nitrogens is 3. The van der Waals surface area contributed by atoms with Crippen LogP contribution in [0.1, 0.15) is 31.5 Å². The van der Waals surface area contributed by atoms with Gasteiger partial charge in [-0.15, -0.1) is 5.10 Å². The summed E-state index contributed by atoms with van der Waals surface area (Å²) in [5.74, 6) is 1.92. The van der Waals surface area contributed by atoms with Gasteiger partial charge in [-0.3, -0.25) is 4.68 Å². The monoisotopic (exact) mass is 284 g/mol. The van der Waals surface area contributed by atoms with Gasteiger partial charge in [-0.05, 0) is 53.1 Å². The van der Waals surface area contributed by atoms with Gasteiger partial charge in [0.25, 0.3) is 0 Å². The summed E-state index contributed by atoms with van der Waals surface area (Å²) in [7, 11) is 1.93. The van der Waals surface area contributed by atoms with E-state index in [1.54, 1.807) is 0 Å². The first kappa shape index (κ1) is 10.7. The second kappa shape index (κ2) is 3.81. The maximum atomic E-state index is 4.30. The van der Waals surface area contributed by atoms with Crippen molar-refractivity contribution in [3.8, 4) is 0 Å². The number of nitrogens with zero attached hydrogens (tertiary/aromatic N) is 3. The molecule has 1 aromatic rings. The third kappa shape index (κ3) is 1.80. The Balaban J connectivity index is 1.45. The van der Waals surface area contributed by atoms with Crippen LogP contribution in [0.4, 0.5) is 0 Å². The minimum absolute atomic E-state index is 0.675. The van der Waals surface area contributed by atoms with E-state index in [1.165, 1.54) is 25.7 Å². The van der Waals surface area contributed by atoms with Crippen LogP contribution in [0, 0.1) is 11.3 Å². The second-order valence-electron chi connectivity index (χ2n) is 5.17. The molecule has 2 saturated carbocycles. The topological polar surface area (TPSA) is 42.7 Å². The summed E-state index contributed by atoms with van der Waals surface area (Å²) < 4.78 is 2.50. The molecule has 2 aliphatic carbocycles. The summed E-state index contributed by atoms with van der Waals surface area (Å²) in [5.41, 5.74) is 0.771. The van der Waals surface area contributed by atoms with Crippen molar-refractivity contribution in [1.29, 1.82) is 0 Å². The molecule has 2 aliphatic rings. The zero-order chi connectivity index (χ0) is 11.2. The van der Waals surface area contributed by atoms with Crippen LogP contribution in [0.25, 0.3) is 0 Å². The molecular formula is C11H17BrN4. The van der Waals surface area contributed by atoms with Gasteiger partial charge in [0, 0.05) is 7.05 Å². The van der Waals surface area contributed by atoms with Crippen molar-refractivity contribution in [2.24, 2.45) is 18.4 Å². The van der Waals surface area contributed by atoms with Gasteiger partial charge in [-0.1, -0.05) is 6.42 Å². The predicted molar refractivity (Wildman–Crippen MR) is 64.8 cm³/mol. The number of hydrogen-bond acceptors (Lipinski definition) is 3. The van der Waals surface area contributed by atoms with Crippen LogP contribution in [0.15, 0.2) is 4.73 Å². The molecule has 1 aromatic heterocycles. The first-order chi connectivity index (χ1) is 7.70. The lowest BCUT2D eigenvalue weighted by Gasteiger charge is -2.26. The van der Waals surface area contributed by atoms with Crippen LogP contribution >= 0.6 is 15.9 Å². The van der Waals surface area contributed by atoms with Crippen LogP contribution in [-0.2, 0) is 13.6 Å².